The highest BCUT2D eigenvalue weighted by atomic mass is 16.5. The quantitative estimate of drug-likeness (QED) is 0.900. The summed E-state index contributed by atoms with van der Waals surface area (Å²) in [6, 6.07) is 7.52. The highest BCUT2D eigenvalue weighted by Gasteiger charge is 2.22. The van der Waals surface area contributed by atoms with E-state index in [-0.39, 0.29) is 6.10 Å². The fourth-order valence-electron chi connectivity index (χ4n) is 1.95. The van der Waals surface area contributed by atoms with Gasteiger partial charge in [0.25, 0.3) is 5.89 Å². The van der Waals surface area contributed by atoms with Crippen LogP contribution >= 0.6 is 0 Å². The zero-order valence-corrected chi connectivity index (χ0v) is 10.6. The lowest BCUT2D eigenvalue weighted by molar-refractivity contribution is 0.00755. The van der Waals surface area contributed by atoms with Gasteiger partial charge < -0.3 is 19.3 Å². The molecule has 1 aliphatic rings. The van der Waals surface area contributed by atoms with Crippen LogP contribution in [0.1, 0.15) is 12.0 Å². The highest BCUT2D eigenvalue weighted by molar-refractivity contribution is 5.55. The molecule has 1 N–H and O–H groups in total. The maximum Gasteiger partial charge on any atom is 0.257 e. The second-order valence-corrected chi connectivity index (χ2v) is 4.25. The molecule has 2 aromatic rings. The first-order chi connectivity index (χ1) is 9.36. The molecule has 0 unspecified atom stereocenters. The van der Waals surface area contributed by atoms with E-state index in [0.29, 0.717) is 24.9 Å². The average Bonchev–Trinajstić information content (AvgIpc) is 2.98. The van der Waals surface area contributed by atoms with E-state index < -0.39 is 0 Å². The van der Waals surface area contributed by atoms with Crippen LogP contribution in [0.25, 0.3) is 11.4 Å². The van der Waals surface area contributed by atoms with Crippen LogP contribution in [0, 0.1) is 0 Å². The average molecular weight is 261 g/mol. The molecule has 0 radical (unpaired) electrons. The summed E-state index contributed by atoms with van der Waals surface area (Å²) >= 11 is 0. The van der Waals surface area contributed by atoms with E-state index in [1.165, 1.54) is 0 Å². The molecular formula is C13H15N3O3. The maximum atomic E-state index is 5.57. The van der Waals surface area contributed by atoms with Crippen LogP contribution in [-0.4, -0.2) is 36.9 Å². The van der Waals surface area contributed by atoms with Crippen molar-refractivity contribution in [3.63, 3.8) is 0 Å². The molecule has 0 amide bonds. The number of ether oxygens (including phenoxy) is 2. The van der Waals surface area contributed by atoms with E-state index in [2.05, 4.69) is 15.5 Å². The van der Waals surface area contributed by atoms with Gasteiger partial charge in [-0.3, -0.25) is 0 Å². The van der Waals surface area contributed by atoms with Crippen LogP contribution in [0.2, 0.25) is 0 Å². The Kier molecular flexibility index (Phi) is 3.43. The molecule has 1 aromatic heterocycles. The van der Waals surface area contributed by atoms with Crippen molar-refractivity contribution in [3.05, 3.63) is 30.2 Å². The van der Waals surface area contributed by atoms with Crippen LogP contribution in [-0.2, 0) is 4.74 Å². The predicted octanol–water partition coefficient (Wildman–Crippen LogP) is 1.41. The third-order valence-electron chi connectivity index (χ3n) is 2.99. The molecule has 1 saturated heterocycles. The van der Waals surface area contributed by atoms with Crippen molar-refractivity contribution in [1.29, 1.82) is 0 Å². The first kappa shape index (κ1) is 12.1. The molecule has 0 saturated carbocycles. The molecular weight excluding hydrogens is 246 g/mol. The van der Waals surface area contributed by atoms with Gasteiger partial charge in [-0.25, -0.2) is 0 Å². The van der Waals surface area contributed by atoms with Crippen LogP contribution in [0.3, 0.4) is 0 Å². The Labute approximate surface area is 110 Å². The minimum Gasteiger partial charge on any atom is -0.497 e. The Hall–Kier alpha value is -1.92. The van der Waals surface area contributed by atoms with Crippen LogP contribution in [0.15, 0.2) is 28.8 Å². The fourth-order valence-corrected chi connectivity index (χ4v) is 1.95. The Bertz CT molecular complexity index is 532. The summed E-state index contributed by atoms with van der Waals surface area (Å²) in [6.45, 7) is 2.21. The lowest BCUT2D eigenvalue weighted by Crippen LogP contribution is -2.33. The number of methoxy groups -OCH3 is 1. The van der Waals surface area contributed by atoms with Crippen molar-refractivity contribution in [2.24, 2.45) is 0 Å². The van der Waals surface area contributed by atoms with Gasteiger partial charge in [0.2, 0.25) is 5.82 Å². The molecule has 6 heteroatoms. The summed E-state index contributed by atoms with van der Waals surface area (Å²) < 4.78 is 15.9. The van der Waals surface area contributed by atoms with E-state index in [1.807, 2.05) is 24.3 Å². The smallest absolute Gasteiger partial charge is 0.257 e. The van der Waals surface area contributed by atoms with E-state index in [1.54, 1.807) is 7.11 Å². The SMILES string of the molecule is COc1ccc(-c2noc([C@@H]3CNCCO3)n2)cc1. The highest BCUT2D eigenvalue weighted by Crippen LogP contribution is 2.23. The minimum atomic E-state index is -0.159. The fraction of sp³-hybridized carbons (Fsp3) is 0.385. The zero-order valence-electron chi connectivity index (χ0n) is 10.6. The molecule has 1 aromatic carbocycles. The van der Waals surface area contributed by atoms with Gasteiger partial charge in [0.15, 0.2) is 0 Å². The van der Waals surface area contributed by atoms with E-state index in [4.69, 9.17) is 14.0 Å². The zero-order chi connectivity index (χ0) is 13.1. The third-order valence-corrected chi connectivity index (χ3v) is 2.99. The Morgan fingerprint density at radius 2 is 2.16 bits per heavy atom. The van der Waals surface area contributed by atoms with Crippen molar-refractivity contribution >= 4 is 0 Å². The summed E-state index contributed by atoms with van der Waals surface area (Å²) in [4.78, 5) is 4.38. The number of nitrogens with zero attached hydrogens (tertiary/aromatic N) is 2. The molecule has 0 spiro atoms. The largest absolute Gasteiger partial charge is 0.497 e. The molecule has 6 nitrogen and oxygen atoms in total. The van der Waals surface area contributed by atoms with Gasteiger partial charge in [-0.05, 0) is 24.3 Å². The van der Waals surface area contributed by atoms with Crippen molar-refractivity contribution in [3.8, 4) is 17.1 Å². The second-order valence-electron chi connectivity index (χ2n) is 4.25. The van der Waals surface area contributed by atoms with Gasteiger partial charge in [0, 0.05) is 18.7 Å². The molecule has 0 bridgehead atoms. The van der Waals surface area contributed by atoms with Crippen molar-refractivity contribution < 1.29 is 14.0 Å². The van der Waals surface area contributed by atoms with Crippen molar-refractivity contribution in [2.45, 2.75) is 6.10 Å². The molecule has 1 fully saturated rings. The standard InChI is InChI=1S/C13H15N3O3/c1-17-10-4-2-9(3-5-10)12-15-13(19-16-12)11-8-14-6-7-18-11/h2-5,11,14H,6-8H2,1H3/t11-/m0/s1. The number of hydrogen-bond acceptors (Lipinski definition) is 6. The minimum absolute atomic E-state index is 0.159. The lowest BCUT2D eigenvalue weighted by atomic mass is 10.2. The van der Waals surface area contributed by atoms with Gasteiger partial charge >= 0.3 is 0 Å². The molecule has 100 valence electrons. The van der Waals surface area contributed by atoms with E-state index in [0.717, 1.165) is 17.9 Å². The molecule has 19 heavy (non-hydrogen) atoms. The summed E-state index contributed by atoms with van der Waals surface area (Å²) in [7, 11) is 1.63. The van der Waals surface area contributed by atoms with Crippen LogP contribution in [0.5, 0.6) is 5.75 Å². The topological polar surface area (TPSA) is 69.4 Å². The van der Waals surface area contributed by atoms with Gasteiger partial charge in [-0.2, -0.15) is 4.98 Å². The van der Waals surface area contributed by atoms with Gasteiger partial charge in [0.05, 0.1) is 13.7 Å². The number of hydrogen-bond donors (Lipinski definition) is 1. The van der Waals surface area contributed by atoms with Crippen molar-refractivity contribution in [1.82, 2.24) is 15.5 Å². The Balaban J connectivity index is 1.79. The summed E-state index contributed by atoms with van der Waals surface area (Å²) in [5, 5.41) is 7.21. The normalized spacial score (nSPS) is 19.3. The lowest BCUT2D eigenvalue weighted by Gasteiger charge is -2.19. The molecule has 1 atom stereocenters. The molecule has 0 aliphatic carbocycles. The van der Waals surface area contributed by atoms with E-state index in [9.17, 15) is 0 Å². The first-order valence-corrected chi connectivity index (χ1v) is 6.17. The second kappa shape index (κ2) is 5.38. The van der Waals surface area contributed by atoms with E-state index >= 15 is 0 Å². The third kappa shape index (κ3) is 2.59. The number of benzene rings is 1. The number of morpholine rings is 1. The van der Waals surface area contributed by atoms with Crippen LogP contribution in [0.4, 0.5) is 0 Å². The number of nitrogens with one attached hydrogen (secondary N) is 1. The van der Waals surface area contributed by atoms with Gasteiger partial charge in [0.1, 0.15) is 11.9 Å². The number of rotatable bonds is 3. The number of aromatic nitrogens is 2. The molecule has 2 heterocycles. The predicted molar refractivity (Wildman–Crippen MR) is 67.8 cm³/mol. The summed E-state index contributed by atoms with van der Waals surface area (Å²) in [6.07, 6.45) is -0.159. The monoisotopic (exact) mass is 261 g/mol. The van der Waals surface area contributed by atoms with Gasteiger partial charge in [-0.1, -0.05) is 5.16 Å². The summed E-state index contributed by atoms with van der Waals surface area (Å²) in [5.41, 5.74) is 0.888. The Morgan fingerprint density at radius 3 is 2.84 bits per heavy atom. The van der Waals surface area contributed by atoms with Crippen LogP contribution < -0.4 is 10.1 Å². The molecule has 1 aliphatic heterocycles. The first-order valence-electron chi connectivity index (χ1n) is 6.17. The summed E-state index contributed by atoms with van der Waals surface area (Å²) in [5.74, 6) is 1.87. The maximum absolute atomic E-state index is 5.57. The Morgan fingerprint density at radius 1 is 1.32 bits per heavy atom. The van der Waals surface area contributed by atoms with Gasteiger partial charge in [-0.15, -0.1) is 0 Å². The van der Waals surface area contributed by atoms with Crippen molar-refractivity contribution in [2.75, 3.05) is 26.8 Å². The molecule has 3 rings (SSSR count).